The average Bonchev–Trinajstić information content (AvgIpc) is 3.11. The highest BCUT2D eigenvalue weighted by molar-refractivity contribution is 5.47. The molecule has 1 atom stereocenters. The summed E-state index contributed by atoms with van der Waals surface area (Å²) in [6, 6.07) is 10.7. The number of anilines is 1. The first kappa shape index (κ1) is 10.5. The third kappa shape index (κ3) is 2.32. The molecule has 2 rings (SSSR count). The predicted octanol–water partition coefficient (Wildman–Crippen LogP) is 2.28. The molecule has 1 aliphatic rings. The second kappa shape index (κ2) is 4.67. The molecule has 1 saturated carbocycles. The van der Waals surface area contributed by atoms with Gasteiger partial charge in [-0.15, -0.1) is 0 Å². The van der Waals surface area contributed by atoms with Crippen molar-refractivity contribution in [1.82, 2.24) is 0 Å². The molecule has 1 N–H and O–H groups in total. The van der Waals surface area contributed by atoms with Crippen LogP contribution < -0.4 is 4.90 Å². The molecule has 82 valence electrons. The molecule has 0 unspecified atom stereocenters. The molecule has 1 aliphatic carbocycles. The molecule has 1 aromatic carbocycles. The van der Waals surface area contributed by atoms with Crippen LogP contribution in [-0.2, 0) is 0 Å². The van der Waals surface area contributed by atoms with Gasteiger partial charge in [-0.05, 0) is 37.8 Å². The number of benzene rings is 1. The molecule has 2 heteroatoms. The Labute approximate surface area is 91.5 Å². The highest BCUT2D eigenvalue weighted by atomic mass is 16.3. The summed E-state index contributed by atoms with van der Waals surface area (Å²) in [5.74, 6) is 0.704. The van der Waals surface area contributed by atoms with E-state index in [0.29, 0.717) is 12.0 Å². The highest BCUT2D eigenvalue weighted by Gasteiger charge is 2.34. The van der Waals surface area contributed by atoms with Gasteiger partial charge in [-0.3, -0.25) is 0 Å². The maximum absolute atomic E-state index is 9.46. The van der Waals surface area contributed by atoms with Crippen LogP contribution in [0.15, 0.2) is 30.3 Å². The van der Waals surface area contributed by atoms with Crippen molar-refractivity contribution in [3.63, 3.8) is 0 Å². The largest absolute Gasteiger partial charge is 0.394 e. The number of likely N-dealkylation sites (N-methyl/N-ethyl adjacent to an activating group) is 1. The van der Waals surface area contributed by atoms with Crippen LogP contribution in [0.5, 0.6) is 0 Å². The van der Waals surface area contributed by atoms with E-state index in [1.54, 1.807) is 0 Å². The second-order valence-electron chi connectivity index (χ2n) is 4.21. The van der Waals surface area contributed by atoms with Gasteiger partial charge in [0, 0.05) is 12.2 Å². The van der Waals surface area contributed by atoms with Crippen LogP contribution in [0.2, 0.25) is 0 Å². The monoisotopic (exact) mass is 205 g/mol. The first-order valence-electron chi connectivity index (χ1n) is 5.79. The minimum absolute atomic E-state index is 0.271. The zero-order valence-corrected chi connectivity index (χ0v) is 9.26. The quantitative estimate of drug-likeness (QED) is 0.797. The van der Waals surface area contributed by atoms with E-state index in [2.05, 4.69) is 36.1 Å². The van der Waals surface area contributed by atoms with Crippen molar-refractivity contribution in [3.8, 4) is 0 Å². The molecular formula is C13H19NO. The Morgan fingerprint density at radius 1 is 1.33 bits per heavy atom. The van der Waals surface area contributed by atoms with E-state index in [-0.39, 0.29) is 6.61 Å². The lowest BCUT2D eigenvalue weighted by molar-refractivity contribution is 0.247. The van der Waals surface area contributed by atoms with Crippen LogP contribution >= 0.6 is 0 Å². The van der Waals surface area contributed by atoms with E-state index >= 15 is 0 Å². The number of nitrogens with zero attached hydrogens (tertiary/aromatic N) is 1. The van der Waals surface area contributed by atoms with Crippen LogP contribution in [-0.4, -0.2) is 24.3 Å². The third-order valence-corrected chi connectivity index (χ3v) is 3.18. The number of aliphatic hydroxyl groups excluding tert-OH is 1. The Morgan fingerprint density at radius 3 is 2.47 bits per heavy atom. The molecule has 0 aromatic heterocycles. The molecule has 1 fully saturated rings. The number of para-hydroxylation sites is 1. The van der Waals surface area contributed by atoms with Gasteiger partial charge in [0.05, 0.1) is 12.6 Å². The summed E-state index contributed by atoms with van der Waals surface area (Å²) in [4.78, 5) is 2.32. The Kier molecular flexibility index (Phi) is 3.27. The standard InChI is InChI=1S/C13H19NO/c1-2-14(12-6-4-3-5-7-12)13(10-15)11-8-9-11/h3-7,11,13,15H,2,8-10H2,1H3/t13-/m1/s1. The number of hydrogen-bond acceptors (Lipinski definition) is 2. The van der Waals surface area contributed by atoms with Gasteiger partial charge in [-0.2, -0.15) is 0 Å². The second-order valence-corrected chi connectivity index (χ2v) is 4.21. The zero-order valence-electron chi connectivity index (χ0n) is 9.26. The Hall–Kier alpha value is -1.02. The first-order chi connectivity index (χ1) is 7.36. The van der Waals surface area contributed by atoms with Crippen LogP contribution in [0.4, 0.5) is 5.69 Å². The number of aliphatic hydroxyl groups is 1. The summed E-state index contributed by atoms with van der Waals surface area (Å²) in [7, 11) is 0. The molecule has 0 radical (unpaired) electrons. The normalized spacial score (nSPS) is 17.5. The smallest absolute Gasteiger partial charge is 0.0637 e. The van der Waals surface area contributed by atoms with E-state index in [1.165, 1.54) is 18.5 Å². The SMILES string of the molecule is CCN(c1ccccc1)[C@H](CO)C1CC1. The van der Waals surface area contributed by atoms with Gasteiger partial charge in [0.15, 0.2) is 0 Å². The third-order valence-electron chi connectivity index (χ3n) is 3.18. The molecular weight excluding hydrogens is 186 g/mol. The van der Waals surface area contributed by atoms with Gasteiger partial charge in [-0.25, -0.2) is 0 Å². The van der Waals surface area contributed by atoms with Crippen LogP contribution in [0.25, 0.3) is 0 Å². The Bertz CT molecular complexity index is 295. The maximum Gasteiger partial charge on any atom is 0.0637 e. The molecule has 15 heavy (non-hydrogen) atoms. The topological polar surface area (TPSA) is 23.5 Å². The predicted molar refractivity (Wildman–Crippen MR) is 63.1 cm³/mol. The van der Waals surface area contributed by atoms with Crippen LogP contribution in [0.1, 0.15) is 19.8 Å². The number of hydrogen-bond donors (Lipinski definition) is 1. The molecule has 2 nitrogen and oxygen atoms in total. The fourth-order valence-corrected chi connectivity index (χ4v) is 2.21. The van der Waals surface area contributed by atoms with Gasteiger partial charge >= 0.3 is 0 Å². The lowest BCUT2D eigenvalue weighted by Gasteiger charge is -2.31. The maximum atomic E-state index is 9.46. The number of rotatable bonds is 5. The molecule has 0 heterocycles. The summed E-state index contributed by atoms with van der Waals surface area (Å²) in [5, 5.41) is 9.46. The summed E-state index contributed by atoms with van der Waals surface area (Å²) < 4.78 is 0. The van der Waals surface area contributed by atoms with Crippen molar-refractivity contribution in [1.29, 1.82) is 0 Å². The van der Waals surface area contributed by atoms with E-state index in [4.69, 9.17) is 0 Å². The molecule has 1 aromatic rings. The van der Waals surface area contributed by atoms with Crippen molar-refractivity contribution in [2.75, 3.05) is 18.1 Å². The highest BCUT2D eigenvalue weighted by Crippen LogP contribution is 2.36. The molecule has 0 saturated heterocycles. The van der Waals surface area contributed by atoms with E-state index in [0.717, 1.165) is 6.54 Å². The van der Waals surface area contributed by atoms with Crippen molar-refractivity contribution in [3.05, 3.63) is 30.3 Å². The molecule has 0 bridgehead atoms. The van der Waals surface area contributed by atoms with Crippen LogP contribution in [0, 0.1) is 5.92 Å². The average molecular weight is 205 g/mol. The first-order valence-corrected chi connectivity index (χ1v) is 5.79. The fourth-order valence-electron chi connectivity index (χ4n) is 2.21. The van der Waals surface area contributed by atoms with Gasteiger partial charge in [0.2, 0.25) is 0 Å². The summed E-state index contributed by atoms with van der Waals surface area (Å²) in [5.41, 5.74) is 1.23. The van der Waals surface area contributed by atoms with Crippen molar-refractivity contribution in [2.45, 2.75) is 25.8 Å². The summed E-state index contributed by atoms with van der Waals surface area (Å²) in [6.07, 6.45) is 2.54. The minimum atomic E-state index is 0.271. The minimum Gasteiger partial charge on any atom is -0.394 e. The van der Waals surface area contributed by atoms with Crippen molar-refractivity contribution >= 4 is 5.69 Å². The Balaban J connectivity index is 2.15. The molecule has 0 spiro atoms. The van der Waals surface area contributed by atoms with Crippen LogP contribution in [0.3, 0.4) is 0 Å². The molecule has 0 amide bonds. The summed E-state index contributed by atoms with van der Waals surface area (Å²) in [6.45, 7) is 3.39. The van der Waals surface area contributed by atoms with Crippen molar-refractivity contribution < 1.29 is 5.11 Å². The lowest BCUT2D eigenvalue weighted by Crippen LogP contribution is -2.39. The zero-order chi connectivity index (χ0) is 10.7. The molecule has 0 aliphatic heterocycles. The Morgan fingerprint density at radius 2 is 2.00 bits per heavy atom. The van der Waals surface area contributed by atoms with Gasteiger partial charge in [0.25, 0.3) is 0 Å². The fraction of sp³-hybridized carbons (Fsp3) is 0.538. The van der Waals surface area contributed by atoms with E-state index < -0.39 is 0 Å². The van der Waals surface area contributed by atoms with Crippen molar-refractivity contribution in [2.24, 2.45) is 5.92 Å². The van der Waals surface area contributed by atoms with Gasteiger partial charge < -0.3 is 10.0 Å². The lowest BCUT2D eigenvalue weighted by atomic mass is 10.1. The summed E-state index contributed by atoms with van der Waals surface area (Å²) >= 11 is 0. The van der Waals surface area contributed by atoms with E-state index in [1.807, 2.05) is 6.07 Å². The van der Waals surface area contributed by atoms with Gasteiger partial charge in [0.1, 0.15) is 0 Å². The van der Waals surface area contributed by atoms with Gasteiger partial charge in [-0.1, -0.05) is 18.2 Å². The van der Waals surface area contributed by atoms with E-state index in [9.17, 15) is 5.11 Å².